The quantitative estimate of drug-likeness (QED) is 0.389. The van der Waals surface area contributed by atoms with Crippen LogP contribution < -0.4 is 15.4 Å². The zero-order valence-corrected chi connectivity index (χ0v) is 18.2. The first-order valence-electron chi connectivity index (χ1n) is 9.01. The average molecular weight is 460 g/mol. The minimum absolute atomic E-state index is 0. The summed E-state index contributed by atoms with van der Waals surface area (Å²) in [4.78, 5) is 6.87. The van der Waals surface area contributed by atoms with Crippen LogP contribution in [0, 0.1) is 0 Å². The summed E-state index contributed by atoms with van der Waals surface area (Å²) in [6.45, 7) is 9.62. The predicted molar refractivity (Wildman–Crippen MR) is 116 cm³/mol. The number of nitrogens with one attached hydrogen (secondary N) is 2. The highest BCUT2D eigenvalue weighted by Crippen LogP contribution is 2.13. The summed E-state index contributed by atoms with van der Waals surface area (Å²) in [7, 11) is 1.82. The third-order valence-corrected chi connectivity index (χ3v) is 4.46. The van der Waals surface area contributed by atoms with Crippen LogP contribution in [-0.2, 0) is 0 Å². The van der Waals surface area contributed by atoms with Crippen LogP contribution in [0.4, 0.5) is 0 Å². The number of halogens is 1. The van der Waals surface area contributed by atoms with Crippen LogP contribution in [0.25, 0.3) is 0 Å². The minimum Gasteiger partial charge on any atom is -0.489 e. The van der Waals surface area contributed by atoms with E-state index in [2.05, 4.69) is 41.3 Å². The lowest BCUT2D eigenvalue weighted by Crippen LogP contribution is -2.50. The first-order valence-corrected chi connectivity index (χ1v) is 9.01. The van der Waals surface area contributed by atoms with E-state index in [0.717, 1.165) is 44.2 Å². The maximum atomic E-state index is 5.89. The molecule has 0 spiro atoms. The highest BCUT2D eigenvalue weighted by Gasteiger charge is 2.21. The van der Waals surface area contributed by atoms with Gasteiger partial charge in [-0.1, -0.05) is 18.2 Å². The van der Waals surface area contributed by atoms with Gasteiger partial charge in [-0.3, -0.25) is 4.99 Å². The maximum Gasteiger partial charge on any atom is 0.191 e. The SMILES string of the molecule is CN=C(NCC(C)Oc1ccccc1)NC1CCN(C(C)C)CC1.I. The van der Waals surface area contributed by atoms with E-state index < -0.39 is 0 Å². The van der Waals surface area contributed by atoms with Crippen molar-refractivity contribution in [2.24, 2.45) is 4.99 Å². The molecule has 1 unspecified atom stereocenters. The molecule has 0 aliphatic carbocycles. The average Bonchev–Trinajstić information content (AvgIpc) is 2.60. The molecular formula is C19H33IN4O. The molecule has 1 saturated heterocycles. The van der Waals surface area contributed by atoms with Crippen molar-refractivity contribution in [1.82, 2.24) is 15.5 Å². The Morgan fingerprint density at radius 2 is 1.84 bits per heavy atom. The molecule has 6 heteroatoms. The number of nitrogens with zero attached hydrogens (tertiary/aromatic N) is 2. The van der Waals surface area contributed by atoms with Gasteiger partial charge in [-0.05, 0) is 45.7 Å². The van der Waals surface area contributed by atoms with Crippen LogP contribution >= 0.6 is 24.0 Å². The normalized spacial score (nSPS) is 17.7. The summed E-state index contributed by atoms with van der Waals surface area (Å²) in [5.41, 5.74) is 0. The van der Waals surface area contributed by atoms with Gasteiger partial charge in [0.1, 0.15) is 11.9 Å². The summed E-state index contributed by atoms with van der Waals surface area (Å²) in [5.74, 6) is 1.76. The van der Waals surface area contributed by atoms with E-state index in [1.54, 1.807) is 0 Å². The van der Waals surface area contributed by atoms with Gasteiger partial charge in [0.15, 0.2) is 5.96 Å². The van der Waals surface area contributed by atoms with Crippen LogP contribution in [0.2, 0.25) is 0 Å². The second-order valence-corrected chi connectivity index (χ2v) is 6.74. The zero-order chi connectivity index (χ0) is 17.4. The molecule has 1 aromatic rings. The van der Waals surface area contributed by atoms with E-state index in [1.807, 2.05) is 37.4 Å². The van der Waals surface area contributed by atoms with E-state index >= 15 is 0 Å². The number of aliphatic imine (C=N–C) groups is 1. The maximum absolute atomic E-state index is 5.89. The van der Waals surface area contributed by atoms with Crippen molar-refractivity contribution in [3.8, 4) is 5.75 Å². The molecule has 1 heterocycles. The first-order chi connectivity index (χ1) is 11.6. The first kappa shape index (κ1) is 22.0. The van der Waals surface area contributed by atoms with Crippen molar-refractivity contribution in [2.75, 3.05) is 26.7 Å². The smallest absolute Gasteiger partial charge is 0.191 e. The zero-order valence-electron chi connectivity index (χ0n) is 15.9. The second kappa shape index (κ2) is 11.6. The van der Waals surface area contributed by atoms with E-state index in [9.17, 15) is 0 Å². The van der Waals surface area contributed by atoms with Gasteiger partial charge in [-0.25, -0.2) is 0 Å². The number of guanidine groups is 1. The fraction of sp³-hybridized carbons (Fsp3) is 0.632. The van der Waals surface area contributed by atoms with Gasteiger partial charge in [0.05, 0.1) is 6.54 Å². The number of ether oxygens (including phenoxy) is 1. The molecule has 142 valence electrons. The second-order valence-electron chi connectivity index (χ2n) is 6.74. The molecule has 0 bridgehead atoms. The van der Waals surface area contributed by atoms with Crippen molar-refractivity contribution in [1.29, 1.82) is 0 Å². The van der Waals surface area contributed by atoms with Gasteiger partial charge < -0.3 is 20.3 Å². The highest BCUT2D eigenvalue weighted by molar-refractivity contribution is 14.0. The van der Waals surface area contributed by atoms with E-state index in [0.29, 0.717) is 12.1 Å². The lowest BCUT2D eigenvalue weighted by Gasteiger charge is -2.35. The van der Waals surface area contributed by atoms with Gasteiger partial charge in [0.25, 0.3) is 0 Å². The molecule has 1 aromatic carbocycles. The number of benzene rings is 1. The monoisotopic (exact) mass is 460 g/mol. The molecule has 0 aromatic heterocycles. The fourth-order valence-corrected chi connectivity index (χ4v) is 2.96. The molecule has 0 amide bonds. The van der Waals surface area contributed by atoms with Crippen molar-refractivity contribution in [3.05, 3.63) is 30.3 Å². The highest BCUT2D eigenvalue weighted by atomic mass is 127. The summed E-state index contributed by atoms with van der Waals surface area (Å²) >= 11 is 0. The minimum atomic E-state index is 0. The summed E-state index contributed by atoms with van der Waals surface area (Å²) in [6, 6.07) is 11.1. The molecule has 5 nitrogen and oxygen atoms in total. The van der Waals surface area contributed by atoms with Crippen LogP contribution in [0.1, 0.15) is 33.6 Å². The predicted octanol–water partition coefficient (Wildman–Crippen LogP) is 3.11. The number of hydrogen-bond donors (Lipinski definition) is 2. The van der Waals surface area contributed by atoms with Crippen LogP contribution in [0.3, 0.4) is 0 Å². The van der Waals surface area contributed by atoms with Gasteiger partial charge in [0, 0.05) is 32.2 Å². The van der Waals surface area contributed by atoms with E-state index in [-0.39, 0.29) is 30.1 Å². The van der Waals surface area contributed by atoms with E-state index in [1.165, 1.54) is 0 Å². The van der Waals surface area contributed by atoms with Crippen molar-refractivity contribution >= 4 is 29.9 Å². The summed E-state index contributed by atoms with van der Waals surface area (Å²) in [6.07, 6.45) is 2.40. The van der Waals surface area contributed by atoms with Gasteiger partial charge >= 0.3 is 0 Å². The van der Waals surface area contributed by atoms with Gasteiger partial charge in [-0.2, -0.15) is 0 Å². The molecule has 1 fully saturated rings. The van der Waals surface area contributed by atoms with Gasteiger partial charge in [0.2, 0.25) is 0 Å². The number of piperidine rings is 1. The van der Waals surface area contributed by atoms with Gasteiger partial charge in [-0.15, -0.1) is 24.0 Å². The lowest BCUT2D eigenvalue weighted by molar-refractivity contribution is 0.167. The molecule has 1 atom stereocenters. The number of likely N-dealkylation sites (tertiary alicyclic amines) is 1. The Labute approximate surface area is 169 Å². The Kier molecular flexibility index (Phi) is 10.2. The Morgan fingerprint density at radius 3 is 2.40 bits per heavy atom. The Hall–Kier alpha value is -1.02. The Morgan fingerprint density at radius 1 is 1.20 bits per heavy atom. The molecule has 0 radical (unpaired) electrons. The Bertz CT molecular complexity index is 501. The van der Waals surface area contributed by atoms with Crippen LogP contribution in [-0.4, -0.2) is 55.7 Å². The van der Waals surface area contributed by atoms with Crippen LogP contribution in [0.5, 0.6) is 5.75 Å². The molecule has 1 aliphatic rings. The fourth-order valence-electron chi connectivity index (χ4n) is 2.96. The van der Waals surface area contributed by atoms with E-state index in [4.69, 9.17) is 4.74 Å². The summed E-state index contributed by atoms with van der Waals surface area (Å²) in [5, 5.41) is 6.91. The molecule has 0 saturated carbocycles. The molecule has 1 aliphatic heterocycles. The molecular weight excluding hydrogens is 427 g/mol. The van der Waals surface area contributed by atoms with Crippen LogP contribution in [0.15, 0.2) is 35.3 Å². The standard InChI is InChI=1S/C19H32N4O.HI/c1-15(2)23-12-10-17(11-13-23)22-19(20-4)21-14-16(3)24-18-8-6-5-7-9-18;/h5-9,15-17H,10-14H2,1-4H3,(H2,20,21,22);1H. The van der Waals surface area contributed by atoms with Crippen molar-refractivity contribution < 1.29 is 4.74 Å². The molecule has 2 N–H and O–H groups in total. The van der Waals surface area contributed by atoms with Crippen molar-refractivity contribution in [3.63, 3.8) is 0 Å². The topological polar surface area (TPSA) is 48.9 Å². The number of rotatable bonds is 6. The summed E-state index contributed by atoms with van der Waals surface area (Å²) < 4.78 is 5.89. The third kappa shape index (κ3) is 7.81. The van der Waals surface area contributed by atoms with Crippen molar-refractivity contribution in [2.45, 2.75) is 51.8 Å². The Balaban J connectivity index is 0.00000312. The molecule has 2 rings (SSSR count). The largest absolute Gasteiger partial charge is 0.489 e. The molecule has 25 heavy (non-hydrogen) atoms. The number of para-hydroxylation sites is 1. The number of hydrogen-bond acceptors (Lipinski definition) is 3. The lowest BCUT2D eigenvalue weighted by atomic mass is 10.0. The third-order valence-electron chi connectivity index (χ3n) is 4.46.